The fourth-order valence-electron chi connectivity index (χ4n) is 8.36. The lowest BCUT2D eigenvalue weighted by atomic mass is 10.00. The molecule has 1 atom stereocenters. The molecule has 19 heteroatoms. The highest BCUT2D eigenvalue weighted by molar-refractivity contribution is 6.05. The molecule has 19 nitrogen and oxygen atoms in total. The van der Waals surface area contributed by atoms with Crippen LogP contribution in [0, 0.1) is 13.8 Å². The number of amides is 3. The summed E-state index contributed by atoms with van der Waals surface area (Å²) in [6.45, 7) is 13.5. The molecule has 0 spiro atoms. The Morgan fingerprint density at radius 2 is 1.35 bits per heavy atom. The fraction of sp³-hybridized carbons (Fsp3) is 0.409. The molecule has 4 N–H and O–H groups in total. The van der Waals surface area contributed by atoms with Crippen molar-refractivity contribution >= 4 is 57.7 Å². The van der Waals surface area contributed by atoms with Gasteiger partial charge in [-0.15, -0.1) is 0 Å². The molecular formula is C44H52N12O7. The summed E-state index contributed by atoms with van der Waals surface area (Å²) >= 11 is 0. The van der Waals surface area contributed by atoms with Crippen molar-refractivity contribution in [2.75, 3.05) is 50.2 Å². The summed E-state index contributed by atoms with van der Waals surface area (Å²) < 4.78 is 24.9. The lowest BCUT2D eigenvalue weighted by Gasteiger charge is -2.34. The van der Waals surface area contributed by atoms with Gasteiger partial charge in [0.2, 0.25) is 17.8 Å². The first kappa shape index (κ1) is 42.8. The molecule has 1 saturated heterocycles. The molecule has 4 aromatic heterocycles. The predicted octanol–water partition coefficient (Wildman–Crippen LogP) is 4.50. The number of aryl methyl sites for hydroxylation is 5. The van der Waals surface area contributed by atoms with Crippen molar-refractivity contribution in [3.05, 3.63) is 88.0 Å². The van der Waals surface area contributed by atoms with E-state index >= 15 is 0 Å². The standard InChI is InChI=1S/C44H52N12O7/c1-6-55-34(19-26(4)50-55)40(58)48-43-46-32-22-29(39(45)57)21-28-11-12-31(52-15-17-61-18-16-52)25-63-36-24-30(42(60)62-8-3)23-33-38(36)54(14-10-9-13-53(43)37(28)32)44(47-33)49-41(59)35-20-27(5)51-56(35)7-2/h9-10,19-24,31H,6-8,11-18,25H2,1-5H3,(H2,45,57)(H,46,48,58)(H,47,49,59)/b10-9+. The Bertz CT molecular complexity index is 2750. The van der Waals surface area contributed by atoms with Gasteiger partial charge in [0.25, 0.3) is 11.8 Å². The number of nitrogens with one attached hydrogen (secondary N) is 2. The molecule has 3 amide bonds. The van der Waals surface area contributed by atoms with Crippen molar-refractivity contribution in [1.82, 2.24) is 43.6 Å². The van der Waals surface area contributed by atoms with E-state index in [1.54, 1.807) is 52.7 Å². The van der Waals surface area contributed by atoms with Crippen molar-refractivity contribution in [3.63, 3.8) is 0 Å². The summed E-state index contributed by atoms with van der Waals surface area (Å²) in [6.07, 6.45) is 4.93. The maximum atomic E-state index is 13.9. The van der Waals surface area contributed by atoms with E-state index in [4.69, 9.17) is 29.9 Å². The summed E-state index contributed by atoms with van der Waals surface area (Å²) in [5.74, 6) is -1.03. The molecule has 1 fully saturated rings. The van der Waals surface area contributed by atoms with Gasteiger partial charge in [-0.25, -0.2) is 14.8 Å². The second-order valence-corrected chi connectivity index (χ2v) is 15.5. The van der Waals surface area contributed by atoms with Crippen molar-refractivity contribution in [2.24, 2.45) is 5.73 Å². The zero-order valence-electron chi connectivity index (χ0n) is 36.1. The van der Waals surface area contributed by atoms with Crippen LogP contribution in [0.2, 0.25) is 0 Å². The molecule has 0 aliphatic carbocycles. The Morgan fingerprint density at radius 3 is 1.92 bits per heavy atom. The Labute approximate surface area is 363 Å². The first-order valence-corrected chi connectivity index (χ1v) is 21.3. The number of ether oxygens (including phenoxy) is 3. The molecule has 2 aliphatic heterocycles. The Hall–Kier alpha value is -6.86. The fourth-order valence-corrected chi connectivity index (χ4v) is 8.36. The van der Waals surface area contributed by atoms with Crippen molar-refractivity contribution < 1.29 is 33.4 Å². The summed E-state index contributed by atoms with van der Waals surface area (Å²) in [4.78, 5) is 65.9. The Morgan fingerprint density at radius 1 is 0.778 bits per heavy atom. The molecule has 0 saturated carbocycles. The van der Waals surface area contributed by atoms with Gasteiger partial charge in [-0.2, -0.15) is 10.2 Å². The molecule has 0 radical (unpaired) electrons. The average molecular weight is 861 g/mol. The van der Waals surface area contributed by atoms with Crippen molar-refractivity contribution in [1.29, 1.82) is 0 Å². The minimum absolute atomic E-state index is 0.160. The molecule has 2 aromatic carbocycles. The third kappa shape index (κ3) is 8.78. The third-order valence-corrected chi connectivity index (χ3v) is 11.3. The number of carbonyl (C=O) groups is 4. The van der Waals surface area contributed by atoms with E-state index in [1.165, 1.54) is 0 Å². The number of rotatable bonds is 10. The highest BCUT2D eigenvalue weighted by Crippen LogP contribution is 2.33. The molecule has 63 heavy (non-hydrogen) atoms. The number of morpholine rings is 1. The number of imidazole rings is 2. The number of carbonyl (C=O) groups excluding carboxylic acids is 4. The molecule has 6 heterocycles. The van der Waals surface area contributed by atoms with Gasteiger partial charge in [0, 0.05) is 50.9 Å². The lowest BCUT2D eigenvalue weighted by Crippen LogP contribution is -2.46. The molecular weight excluding hydrogens is 809 g/mol. The molecule has 1 unspecified atom stereocenters. The zero-order valence-corrected chi connectivity index (χ0v) is 36.1. The molecule has 2 aliphatic rings. The van der Waals surface area contributed by atoms with E-state index < -0.39 is 17.8 Å². The normalized spacial score (nSPS) is 16.6. The predicted molar refractivity (Wildman–Crippen MR) is 234 cm³/mol. The first-order valence-electron chi connectivity index (χ1n) is 21.3. The van der Waals surface area contributed by atoms with Gasteiger partial charge < -0.3 is 29.1 Å². The van der Waals surface area contributed by atoms with Crippen molar-refractivity contribution in [2.45, 2.75) is 79.7 Å². The summed E-state index contributed by atoms with van der Waals surface area (Å²) in [5, 5.41) is 14.9. The van der Waals surface area contributed by atoms with Crippen LogP contribution in [0.4, 0.5) is 11.9 Å². The quantitative estimate of drug-likeness (QED) is 0.128. The number of esters is 1. The van der Waals surface area contributed by atoms with Crippen molar-refractivity contribution in [3.8, 4) is 5.75 Å². The van der Waals surface area contributed by atoms with E-state index in [9.17, 15) is 19.2 Å². The summed E-state index contributed by atoms with van der Waals surface area (Å²) in [5.41, 5.74) is 11.6. The maximum absolute atomic E-state index is 13.9. The van der Waals surface area contributed by atoms with Crippen LogP contribution in [0.3, 0.4) is 0 Å². The highest BCUT2D eigenvalue weighted by atomic mass is 16.5. The number of benzene rings is 2. The van der Waals surface area contributed by atoms with Gasteiger partial charge in [-0.1, -0.05) is 12.2 Å². The number of anilines is 2. The average Bonchev–Trinajstić information content (AvgIpc) is 4.04. The van der Waals surface area contributed by atoms with Gasteiger partial charge in [0.15, 0.2) is 0 Å². The first-order chi connectivity index (χ1) is 30.5. The number of nitrogens with two attached hydrogens (primary N) is 1. The summed E-state index contributed by atoms with van der Waals surface area (Å²) in [6, 6.07) is 10.0. The SMILES string of the molecule is CCOC(=O)c1cc2c3c(c1)nc(NC(=O)c1cc(C)nn1CC)n3C/C=C/Cn1c(NC(=O)c3cc(C)nn3CC)nc3cc(C(N)=O)cc(c31)CCC(N1CCOCC1)CO2. The number of aromatic nitrogens is 8. The second-order valence-electron chi connectivity index (χ2n) is 15.5. The van der Waals surface area contributed by atoms with Crippen LogP contribution in [0.1, 0.15) is 85.8 Å². The van der Waals surface area contributed by atoms with Crippen LogP contribution in [0.5, 0.6) is 5.75 Å². The minimum atomic E-state index is -0.599. The van der Waals surface area contributed by atoms with Crippen LogP contribution in [-0.4, -0.2) is 113 Å². The number of hydrogen-bond acceptors (Lipinski definition) is 12. The van der Waals surface area contributed by atoms with Crippen LogP contribution < -0.4 is 21.1 Å². The molecule has 6 aromatic rings. The van der Waals surface area contributed by atoms with Crippen LogP contribution in [0.25, 0.3) is 22.1 Å². The lowest BCUT2D eigenvalue weighted by molar-refractivity contribution is 0.00416. The van der Waals surface area contributed by atoms with E-state index in [2.05, 4.69) is 25.7 Å². The second kappa shape index (κ2) is 18.2. The highest BCUT2D eigenvalue weighted by Gasteiger charge is 2.28. The van der Waals surface area contributed by atoms with Crippen LogP contribution in [-0.2, 0) is 42.1 Å². The Kier molecular flexibility index (Phi) is 12.4. The number of nitrogens with zero attached hydrogens (tertiary/aromatic N) is 9. The smallest absolute Gasteiger partial charge is 0.338 e. The number of primary amides is 1. The van der Waals surface area contributed by atoms with Crippen LogP contribution >= 0.6 is 0 Å². The van der Waals surface area contributed by atoms with E-state index in [0.717, 1.165) is 11.1 Å². The van der Waals surface area contributed by atoms with Gasteiger partial charge in [0.05, 0.1) is 53.3 Å². The third-order valence-electron chi connectivity index (χ3n) is 11.3. The van der Waals surface area contributed by atoms with E-state index in [0.29, 0.717) is 103 Å². The van der Waals surface area contributed by atoms with Crippen LogP contribution in [0.15, 0.2) is 48.6 Å². The molecule has 8 rings (SSSR count). The topological polar surface area (TPSA) is 221 Å². The van der Waals surface area contributed by atoms with E-state index in [1.807, 2.05) is 49.0 Å². The molecule has 0 bridgehead atoms. The van der Waals surface area contributed by atoms with E-state index in [-0.39, 0.29) is 55.7 Å². The minimum Gasteiger partial charge on any atom is -0.490 e. The summed E-state index contributed by atoms with van der Waals surface area (Å²) in [7, 11) is 0. The largest absolute Gasteiger partial charge is 0.490 e. The number of allylic oxidation sites excluding steroid dienone is 2. The molecule has 330 valence electrons. The number of hydrogen-bond donors (Lipinski definition) is 3. The monoisotopic (exact) mass is 860 g/mol. The van der Waals surface area contributed by atoms with Gasteiger partial charge >= 0.3 is 5.97 Å². The Balaban J connectivity index is 1.27. The van der Waals surface area contributed by atoms with Gasteiger partial charge in [-0.05, 0) is 89.4 Å². The van der Waals surface area contributed by atoms with Gasteiger partial charge in [-0.3, -0.25) is 39.3 Å². The zero-order chi connectivity index (χ0) is 44.4. The van der Waals surface area contributed by atoms with Gasteiger partial charge in [0.1, 0.15) is 29.3 Å². The maximum Gasteiger partial charge on any atom is 0.338 e.